The summed E-state index contributed by atoms with van der Waals surface area (Å²) in [4.78, 5) is 14.6. The van der Waals surface area contributed by atoms with Gasteiger partial charge in [0.15, 0.2) is 0 Å². The number of anilines is 1. The van der Waals surface area contributed by atoms with Crippen molar-refractivity contribution in [1.29, 1.82) is 0 Å². The molecule has 1 amide bonds. The van der Waals surface area contributed by atoms with Gasteiger partial charge in [0.1, 0.15) is 0 Å². The standard InChI is InChI=1S/C11H11N3O3S2/c1-8(15)12-10-13-11(18-14-10)19(16,17)7-9-5-3-2-4-6-9/h2-6H,7H2,1H3,(H,12,14,15). The molecule has 0 saturated heterocycles. The molecule has 2 rings (SSSR count). The monoisotopic (exact) mass is 297 g/mol. The van der Waals surface area contributed by atoms with E-state index in [1.165, 1.54) is 6.92 Å². The van der Waals surface area contributed by atoms with Gasteiger partial charge in [-0.25, -0.2) is 8.42 Å². The van der Waals surface area contributed by atoms with Crippen molar-refractivity contribution in [2.45, 2.75) is 17.0 Å². The van der Waals surface area contributed by atoms with E-state index in [9.17, 15) is 13.2 Å². The molecule has 100 valence electrons. The molecule has 0 spiro atoms. The molecule has 6 nitrogen and oxygen atoms in total. The molecular weight excluding hydrogens is 286 g/mol. The Bertz CT molecular complexity index is 680. The highest BCUT2D eigenvalue weighted by Crippen LogP contribution is 2.19. The lowest BCUT2D eigenvalue weighted by atomic mass is 10.2. The molecule has 0 aliphatic carbocycles. The first-order valence-corrected chi connectivity index (χ1v) is 7.78. The molecule has 0 bridgehead atoms. The fraction of sp³-hybridized carbons (Fsp3) is 0.182. The number of benzene rings is 1. The highest BCUT2D eigenvalue weighted by Gasteiger charge is 2.21. The SMILES string of the molecule is CC(=O)Nc1nsc(S(=O)(=O)Cc2ccccc2)n1. The first kappa shape index (κ1) is 13.6. The Morgan fingerprint density at radius 1 is 1.32 bits per heavy atom. The molecule has 1 N–H and O–H groups in total. The van der Waals surface area contributed by atoms with Crippen molar-refractivity contribution in [2.24, 2.45) is 0 Å². The minimum atomic E-state index is -3.53. The minimum absolute atomic E-state index is 0.0177. The summed E-state index contributed by atoms with van der Waals surface area (Å²) >= 11 is 0.754. The van der Waals surface area contributed by atoms with E-state index in [2.05, 4.69) is 14.7 Å². The van der Waals surface area contributed by atoms with Gasteiger partial charge in [0.2, 0.25) is 26.0 Å². The summed E-state index contributed by atoms with van der Waals surface area (Å²) in [6.45, 7) is 1.30. The third-order valence-electron chi connectivity index (χ3n) is 2.16. The number of aromatic nitrogens is 2. The molecule has 0 fully saturated rings. The highest BCUT2D eigenvalue weighted by molar-refractivity contribution is 7.92. The van der Waals surface area contributed by atoms with Gasteiger partial charge in [-0.2, -0.15) is 9.36 Å². The average molecular weight is 297 g/mol. The Morgan fingerprint density at radius 3 is 2.63 bits per heavy atom. The highest BCUT2D eigenvalue weighted by atomic mass is 32.2. The number of nitrogens with zero attached hydrogens (tertiary/aromatic N) is 2. The third-order valence-corrected chi connectivity index (χ3v) is 4.99. The summed E-state index contributed by atoms with van der Waals surface area (Å²) < 4.78 is 27.9. The Labute approximate surface area is 114 Å². The quantitative estimate of drug-likeness (QED) is 0.923. The minimum Gasteiger partial charge on any atom is -0.294 e. The van der Waals surface area contributed by atoms with Crippen molar-refractivity contribution in [3.05, 3.63) is 35.9 Å². The maximum Gasteiger partial charge on any atom is 0.242 e. The van der Waals surface area contributed by atoms with Crippen LogP contribution in [-0.4, -0.2) is 23.7 Å². The Morgan fingerprint density at radius 2 is 2.00 bits per heavy atom. The second-order valence-electron chi connectivity index (χ2n) is 3.81. The van der Waals surface area contributed by atoms with E-state index >= 15 is 0 Å². The van der Waals surface area contributed by atoms with Crippen LogP contribution >= 0.6 is 11.5 Å². The van der Waals surface area contributed by atoms with E-state index in [0.29, 0.717) is 5.56 Å². The summed E-state index contributed by atoms with van der Waals surface area (Å²) in [7, 11) is -3.53. The molecule has 1 aromatic carbocycles. The van der Waals surface area contributed by atoms with Gasteiger partial charge in [-0.05, 0) is 5.56 Å². The topological polar surface area (TPSA) is 89.0 Å². The number of carbonyl (C=O) groups is 1. The van der Waals surface area contributed by atoms with E-state index in [0.717, 1.165) is 11.5 Å². The van der Waals surface area contributed by atoms with Crippen molar-refractivity contribution in [3.8, 4) is 0 Å². The summed E-state index contributed by atoms with van der Waals surface area (Å²) in [6, 6.07) is 8.82. The predicted octanol–water partition coefficient (Wildman–Crippen LogP) is 1.47. The van der Waals surface area contributed by atoms with Crippen LogP contribution in [0.15, 0.2) is 34.7 Å². The number of hydrogen-bond donors (Lipinski definition) is 1. The normalized spacial score (nSPS) is 11.2. The molecule has 0 unspecified atom stereocenters. The molecule has 8 heteroatoms. The molecule has 0 saturated carbocycles. The summed E-state index contributed by atoms with van der Waals surface area (Å²) in [6.07, 6.45) is 0. The Kier molecular flexibility index (Phi) is 3.91. The average Bonchev–Trinajstić information content (AvgIpc) is 2.78. The Hall–Kier alpha value is -1.80. The van der Waals surface area contributed by atoms with Crippen LogP contribution in [0.25, 0.3) is 0 Å². The molecule has 0 radical (unpaired) electrons. The van der Waals surface area contributed by atoms with Gasteiger partial charge in [-0.3, -0.25) is 10.1 Å². The summed E-state index contributed by atoms with van der Waals surface area (Å²) in [5.74, 6) is -0.461. The van der Waals surface area contributed by atoms with Crippen molar-refractivity contribution >= 4 is 33.2 Å². The molecular formula is C11H11N3O3S2. The van der Waals surface area contributed by atoms with E-state index < -0.39 is 9.84 Å². The van der Waals surface area contributed by atoms with Crippen molar-refractivity contribution in [2.75, 3.05) is 5.32 Å². The number of rotatable bonds is 4. The second-order valence-corrected chi connectivity index (χ2v) is 6.72. The molecule has 19 heavy (non-hydrogen) atoms. The lowest BCUT2D eigenvalue weighted by Gasteiger charge is -2.00. The van der Waals surface area contributed by atoms with Gasteiger partial charge in [0, 0.05) is 18.5 Å². The summed E-state index contributed by atoms with van der Waals surface area (Å²) in [5, 5.41) is 2.35. The van der Waals surface area contributed by atoms with Crippen LogP contribution < -0.4 is 5.32 Å². The molecule has 0 aliphatic heterocycles. The third kappa shape index (κ3) is 3.58. The number of nitrogens with one attached hydrogen (secondary N) is 1. The van der Waals surface area contributed by atoms with E-state index in [-0.39, 0.29) is 21.9 Å². The second kappa shape index (κ2) is 5.45. The zero-order valence-electron chi connectivity index (χ0n) is 10.0. The zero-order valence-corrected chi connectivity index (χ0v) is 11.7. The molecule has 2 aromatic rings. The predicted molar refractivity (Wildman–Crippen MR) is 71.5 cm³/mol. The van der Waals surface area contributed by atoms with Crippen LogP contribution in [0.3, 0.4) is 0 Å². The van der Waals surface area contributed by atoms with Crippen LogP contribution in [-0.2, 0) is 20.4 Å². The zero-order chi connectivity index (χ0) is 13.9. The molecule has 1 aromatic heterocycles. The first-order chi connectivity index (χ1) is 8.97. The fourth-order valence-electron chi connectivity index (χ4n) is 1.40. The molecule has 0 atom stereocenters. The number of hydrogen-bond acceptors (Lipinski definition) is 6. The van der Waals surface area contributed by atoms with Crippen molar-refractivity contribution < 1.29 is 13.2 Å². The number of amides is 1. The van der Waals surface area contributed by atoms with Gasteiger partial charge in [-0.15, -0.1) is 0 Å². The van der Waals surface area contributed by atoms with Crippen molar-refractivity contribution in [3.63, 3.8) is 0 Å². The van der Waals surface area contributed by atoms with E-state index in [4.69, 9.17) is 0 Å². The lowest BCUT2D eigenvalue weighted by molar-refractivity contribution is -0.114. The largest absolute Gasteiger partial charge is 0.294 e. The fourth-order valence-corrected chi connectivity index (χ4v) is 3.50. The number of carbonyl (C=O) groups excluding carboxylic acids is 1. The van der Waals surface area contributed by atoms with Crippen LogP contribution in [0.4, 0.5) is 5.95 Å². The van der Waals surface area contributed by atoms with Crippen LogP contribution in [0.2, 0.25) is 0 Å². The number of sulfone groups is 1. The maximum absolute atomic E-state index is 12.1. The van der Waals surface area contributed by atoms with Crippen LogP contribution in [0, 0.1) is 0 Å². The van der Waals surface area contributed by atoms with Gasteiger partial charge in [0.25, 0.3) is 0 Å². The summed E-state index contributed by atoms with van der Waals surface area (Å²) in [5.41, 5.74) is 0.679. The first-order valence-electron chi connectivity index (χ1n) is 5.35. The maximum atomic E-state index is 12.1. The van der Waals surface area contributed by atoms with Gasteiger partial charge in [0.05, 0.1) is 5.75 Å². The molecule has 1 heterocycles. The van der Waals surface area contributed by atoms with Gasteiger partial charge >= 0.3 is 0 Å². The smallest absolute Gasteiger partial charge is 0.242 e. The van der Waals surface area contributed by atoms with Crippen LogP contribution in [0.1, 0.15) is 12.5 Å². The van der Waals surface area contributed by atoms with Gasteiger partial charge < -0.3 is 0 Å². The lowest BCUT2D eigenvalue weighted by Crippen LogP contribution is -2.08. The van der Waals surface area contributed by atoms with Crippen molar-refractivity contribution in [1.82, 2.24) is 9.36 Å². The molecule has 0 aliphatic rings. The van der Waals surface area contributed by atoms with E-state index in [1.54, 1.807) is 24.3 Å². The van der Waals surface area contributed by atoms with E-state index in [1.807, 2.05) is 6.07 Å². The van der Waals surface area contributed by atoms with Crippen LogP contribution in [0.5, 0.6) is 0 Å². The Balaban J connectivity index is 2.20. The van der Waals surface area contributed by atoms with Gasteiger partial charge in [-0.1, -0.05) is 30.3 Å².